The Hall–Kier alpha value is -1.84. The summed E-state index contributed by atoms with van der Waals surface area (Å²) < 4.78 is 0. The van der Waals surface area contributed by atoms with Gasteiger partial charge in [0, 0.05) is 0 Å². The molecule has 0 bridgehead atoms. The number of aromatic carboxylic acids is 2. The van der Waals surface area contributed by atoms with Crippen LogP contribution in [0.1, 0.15) is 111 Å². The Morgan fingerprint density at radius 3 is 1.79 bits per heavy atom. The van der Waals surface area contributed by atoms with Crippen molar-refractivity contribution >= 4 is 11.9 Å². The van der Waals surface area contributed by atoms with Crippen molar-refractivity contribution in [1.29, 1.82) is 0 Å². The molecule has 1 aromatic rings. The molecule has 0 saturated carbocycles. The van der Waals surface area contributed by atoms with Crippen molar-refractivity contribution in [1.82, 2.24) is 0 Å². The summed E-state index contributed by atoms with van der Waals surface area (Å²) in [5, 5.41) is 19.4. The normalized spacial score (nSPS) is 13.3. The van der Waals surface area contributed by atoms with E-state index in [9.17, 15) is 19.8 Å². The lowest BCUT2D eigenvalue weighted by atomic mass is 9.82. The van der Waals surface area contributed by atoms with Crippen molar-refractivity contribution in [3.8, 4) is 0 Å². The molecule has 28 heavy (non-hydrogen) atoms. The van der Waals surface area contributed by atoms with Gasteiger partial charge in [-0.25, -0.2) is 9.59 Å². The van der Waals surface area contributed by atoms with E-state index in [0.717, 1.165) is 62.5 Å². The van der Waals surface area contributed by atoms with Crippen LogP contribution in [-0.2, 0) is 12.8 Å². The highest BCUT2D eigenvalue weighted by atomic mass is 16.4. The molecule has 0 aliphatic carbocycles. The summed E-state index contributed by atoms with van der Waals surface area (Å²) in [6.45, 7) is 8.66. The van der Waals surface area contributed by atoms with Crippen LogP contribution in [0, 0.1) is 11.8 Å². The molecule has 158 valence electrons. The molecule has 0 aliphatic heterocycles. The van der Waals surface area contributed by atoms with Crippen molar-refractivity contribution in [2.75, 3.05) is 0 Å². The third kappa shape index (κ3) is 6.96. The number of unbranched alkanes of at least 4 members (excludes halogenated alkanes) is 2. The Balaban J connectivity index is 3.38. The van der Waals surface area contributed by atoms with E-state index in [2.05, 4.69) is 27.7 Å². The Kier molecular flexibility index (Phi) is 10.9. The highest BCUT2D eigenvalue weighted by Crippen LogP contribution is 2.30. The molecule has 0 spiro atoms. The van der Waals surface area contributed by atoms with Crippen LogP contribution in [0.15, 0.2) is 12.1 Å². The van der Waals surface area contributed by atoms with Crippen LogP contribution in [-0.4, -0.2) is 22.2 Å². The summed E-state index contributed by atoms with van der Waals surface area (Å²) in [7, 11) is 0. The first-order chi connectivity index (χ1) is 13.4. The van der Waals surface area contributed by atoms with Crippen molar-refractivity contribution in [3.63, 3.8) is 0 Å². The topological polar surface area (TPSA) is 74.6 Å². The zero-order valence-corrected chi connectivity index (χ0v) is 18.1. The zero-order chi connectivity index (χ0) is 21.1. The summed E-state index contributed by atoms with van der Waals surface area (Å²) in [4.78, 5) is 23.7. The third-order valence-corrected chi connectivity index (χ3v) is 5.94. The van der Waals surface area contributed by atoms with Crippen LogP contribution in [0.3, 0.4) is 0 Å². The minimum absolute atomic E-state index is 0.00490. The van der Waals surface area contributed by atoms with Gasteiger partial charge in [0.2, 0.25) is 0 Å². The van der Waals surface area contributed by atoms with E-state index in [1.165, 1.54) is 12.5 Å². The minimum Gasteiger partial charge on any atom is -0.478 e. The highest BCUT2D eigenvalue weighted by Gasteiger charge is 2.25. The predicted octanol–water partition coefficient (Wildman–Crippen LogP) is 6.60. The van der Waals surface area contributed by atoms with Crippen LogP contribution < -0.4 is 0 Å². The molecular formula is C24H38O4. The van der Waals surface area contributed by atoms with E-state index in [-0.39, 0.29) is 11.1 Å². The predicted molar refractivity (Wildman–Crippen MR) is 114 cm³/mol. The van der Waals surface area contributed by atoms with E-state index >= 15 is 0 Å². The lowest BCUT2D eigenvalue weighted by Gasteiger charge is -2.23. The van der Waals surface area contributed by atoms with E-state index < -0.39 is 11.9 Å². The van der Waals surface area contributed by atoms with Crippen LogP contribution >= 0.6 is 0 Å². The van der Waals surface area contributed by atoms with Gasteiger partial charge >= 0.3 is 11.9 Å². The number of carboxylic acid groups (broad SMARTS) is 2. The van der Waals surface area contributed by atoms with Crippen molar-refractivity contribution in [2.24, 2.45) is 11.8 Å². The zero-order valence-electron chi connectivity index (χ0n) is 18.1. The molecule has 0 fully saturated rings. The maximum Gasteiger partial charge on any atom is 0.336 e. The number of carbonyl (C=O) groups is 2. The average molecular weight is 391 g/mol. The molecule has 0 heterocycles. The number of benzene rings is 1. The minimum atomic E-state index is -1.16. The summed E-state index contributed by atoms with van der Waals surface area (Å²) in [5.41, 5.74) is 1.70. The summed E-state index contributed by atoms with van der Waals surface area (Å²) >= 11 is 0. The molecule has 0 aliphatic rings. The van der Waals surface area contributed by atoms with Gasteiger partial charge in [0.15, 0.2) is 0 Å². The van der Waals surface area contributed by atoms with Gasteiger partial charge < -0.3 is 10.2 Å². The van der Waals surface area contributed by atoms with Crippen LogP contribution in [0.2, 0.25) is 0 Å². The van der Waals surface area contributed by atoms with Gasteiger partial charge in [-0.05, 0) is 41.9 Å². The molecule has 0 aromatic heterocycles. The number of hydrogen-bond donors (Lipinski definition) is 2. The Morgan fingerprint density at radius 1 is 0.821 bits per heavy atom. The highest BCUT2D eigenvalue weighted by molar-refractivity contribution is 6.03. The fourth-order valence-electron chi connectivity index (χ4n) is 4.02. The van der Waals surface area contributed by atoms with Crippen molar-refractivity contribution in [3.05, 3.63) is 34.4 Å². The molecule has 0 radical (unpaired) electrons. The maximum absolute atomic E-state index is 12.0. The first-order valence-electron chi connectivity index (χ1n) is 11.0. The smallest absolute Gasteiger partial charge is 0.336 e. The first-order valence-corrected chi connectivity index (χ1v) is 11.0. The second-order valence-corrected chi connectivity index (χ2v) is 7.98. The van der Waals surface area contributed by atoms with Crippen LogP contribution in [0.4, 0.5) is 0 Å². The third-order valence-electron chi connectivity index (χ3n) is 5.94. The number of rotatable bonds is 14. The van der Waals surface area contributed by atoms with Gasteiger partial charge in [0.05, 0.1) is 11.1 Å². The standard InChI is InChI=1S/C24H38O4/c1-5-9-11-17(7-3)15-19-13-14-20(23(25)26)22(24(27)28)21(19)16-18(8-4)12-10-6-2/h13-14,17-18H,5-12,15-16H2,1-4H3,(H,25,26)(H,27,28)/t17-,18-/m1/s1. The van der Waals surface area contributed by atoms with Gasteiger partial charge in [-0.3, -0.25) is 0 Å². The molecule has 1 aromatic carbocycles. The summed E-state index contributed by atoms with van der Waals surface area (Å²) in [6, 6.07) is 3.36. The molecule has 4 nitrogen and oxygen atoms in total. The van der Waals surface area contributed by atoms with Crippen molar-refractivity contribution < 1.29 is 19.8 Å². The molecule has 4 heteroatoms. The lowest BCUT2D eigenvalue weighted by Crippen LogP contribution is -2.18. The van der Waals surface area contributed by atoms with Crippen LogP contribution in [0.5, 0.6) is 0 Å². The summed E-state index contributed by atoms with van der Waals surface area (Å²) in [6.07, 6.45) is 10.2. The second-order valence-electron chi connectivity index (χ2n) is 7.98. The fraction of sp³-hybridized carbons (Fsp3) is 0.667. The van der Waals surface area contributed by atoms with E-state index in [4.69, 9.17) is 0 Å². The fourth-order valence-corrected chi connectivity index (χ4v) is 4.02. The first kappa shape index (κ1) is 24.2. The quantitative estimate of drug-likeness (QED) is 0.375. The van der Waals surface area contributed by atoms with Gasteiger partial charge in [-0.2, -0.15) is 0 Å². The molecule has 1 rings (SSSR count). The van der Waals surface area contributed by atoms with E-state index in [1.807, 2.05) is 6.07 Å². The van der Waals surface area contributed by atoms with Crippen molar-refractivity contribution in [2.45, 2.75) is 91.9 Å². The van der Waals surface area contributed by atoms with Gasteiger partial charge in [0.1, 0.15) is 0 Å². The molecule has 2 atom stereocenters. The maximum atomic E-state index is 12.0. The monoisotopic (exact) mass is 390 g/mol. The number of carboxylic acids is 2. The SMILES string of the molecule is CCCC[C@@H](CC)Cc1ccc(C(=O)O)c(C(=O)O)c1C[C@H](CC)CCCC. The average Bonchev–Trinajstić information content (AvgIpc) is 2.68. The van der Waals surface area contributed by atoms with E-state index in [0.29, 0.717) is 18.3 Å². The largest absolute Gasteiger partial charge is 0.478 e. The van der Waals surface area contributed by atoms with E-state index in [1.54, 1.807) is 0 Å². The Bertz CT molecular complexity index is 636. The van der Waals surface area contributed by atoms with Crippen LogP contribution in [0.25, 0.3) is 0 Å². The summed E-state index contributed by atoms with van der Waals surface area (Å²) in [5.74, 6) is -1.39. The lowest BCUT2D eigenvalue weighted by molar-refractivity contribution is 0.0650. The molecular weight excluding hydrogens is 352 g/mol. The van der Waals surface area contributed by atoms with Gasteiger partial charge in [0.25, 0.3) is 0 Å². The Labute approximate surface area is 170 Å². The number of hydrogen-bond acceptors (Lipinski definition) is 2. The van der Waals surface area contributed by atoms with Gasteiger partial charge in [-0.15, -0.1) is 0 Å². The molecule has 2 N–H and O–H groups in total. The van der Waals surface area contributed by atoms with Gasteiger partial charge in [-0.1, -0.05) is 85.1 Å². The molecule has 0 saturated heterocycles. The second kappa shape index (κ2) is 12.6. The molecule has 0 amide bonds. The Morgan fingerprint density at radius 2 is 1.36 bits per heavy atom. The molecule has 0 unspecified atom stereocenters.